The van der Waals surface area contributed by atoms with Gasteiger partial charge in [0.2, 0.25) is 0 Å². The van der Waals surface area contributed by atoms with Crippen LogP contribution in [0.1, 0.15) is 28.6 Å². The first-order chi connectivity index (χ1) is 9.43. The molecule has 108 valence electrons. The molecule has 1 heterocycles. The molecular weight excluding hydrogens is 382 g/mol. The maximum atomic E-state index is 4.46. The Hall–Kier alpha value is -0.650. The molecule has 0 radical (unpaired) electrons. The summed E-state index contributed by atoms with van der Waals surface area (Å²) in [7, 11) is 3.99. The first-order valence-electron chi connectivity index (χ1n) is 6.55. The van der Waals surface area contributed by atoms with Gasteiger partial charge in [0, 0.05) is 24.0 Å². The molecule has 0 amide bonds. The predicted molar refractivity (Wildman–Crippen MR) is 90.0 cm³/mol. The van der Waals surface area contributed by atoms with E-state index in [2.05, 4.69) is 67.4 Å². The van der Waals surface area contributed by atoms with E-state index in [1.165, 1.54) is 16.8 Å². The van der Waals surface area contributed by atoms with Crippen molar-refractivity contribution in [2.75, 3.05) is 7.05 Å². The van der Waals surface area contributed by atoms with Crippen molar-refractivity contribution in [2.45, 2.75) is 26.3 Å². The smallest absolute Gasteiger partial charge is 0.0738 e. The maximum Gasteiger partial charge on any atom is 0.0738 e. The number of halogens is 2. The van der Waals surface area contributed by atoms with Gasteiger partial charge in [-0.15, -0.1) is 0 Å². The van der Waals surface area contributed by atoms with Crippen molar-refractivity contribution < 1.29 is 0 Å². The monoisotopic (exact) mass is 399 g/mol. The number of hydrogen-bond donors (Lipinski definition) is 1. The molecule has 0 aliphatic rings. The molecule has 0 saturated carbocycles. The minimum Gasteiger partial charge on any atom is -0.313 e. The second-order valence-electron chi connectivity index (χ2n) is 5.02. The number of likely N-dealkylation sites (N-methyl/N-ethyl adjacent to an activating group) is 1. The SMILES string of the molecule is CNC(Cc1c(Br)c(C)nn1C)c1ccc(Br)c(C)c1. The minimum absolute atomic E-state index is 0.271. The molecule has 1 atom stereocenters. The number of benzene rings is 1. The highest BCUT2D eigenvalue weighted by molar-refractivity contribution is 9.10. The molecule has 0 aliphatic carbocycles. The highest BCUT2D eigenvalue weighted by Gasteiger charge is 2.17. The van der Waals surface area contributed by atoms with Gasteiger partial charge in [-0.1, -0.05) is 28.1 Å². The highest BCUT2D eigenvalue weighted by atomic mass is 79.9. The van der Waals surface area contributed by atoms with Gasteiger partial charge < -0.3 is 5.32 Å². The van der Waals surface area contributed by atoms with Crippen molar-refractivity contribution in [2.24, 2.45) is 7.05 Å². The van der Waals surface area contributed by atoms with Crippen LogP contribution < -0.4 is 5.32 Å². The molecule has 20 heavy (non-hydrogen) atoms. The summed E-state index contributed by atoms with van der Waals surface area (Å²) in [5.74, 6) is 0. The number of nitrogens with zero attached hydrogens (tertiary/aromatic N) is 2. The van der Waals surface area contributed by atoms with Crippen molar-refractivity contribution in [3.63, 3.8) is 0 Å². The lowest BCUT2D eigenvalue weighted by Gasteiger charge is -2.18. The van der Waals surface area contributed by atoms with Crippen molar-refractivity contribution >= 4 is 31.9 Å². The van der Waals surface area contributed by atoms with Gasteiger partial charge in [0.25, 0.3) is 0 Å². The van der Waals surface area contributed by atoms with Gasteiger partial charge in [-0.05, 0) is 54.0 Å². The number of aryl methyl sites for hydroxylation is 3. The Balaban J connectivity index is 2.31. The fourth-order valence-corrected chi connectivity index (χ4v) is 3.11. The molecule has 0 bridgehead atoms. The van der Waals surface area contributed by atoms with Crippen LogP contribution in [0, 0.1) is 13.8 Å². The van der Waals surface area contributed by atoms with E-state index in [4.69, 9.17) is 0 Å². The lowest BCUT2D eigenvalue weighted by atomic mass is 10.00. The van der Waals surface area contributed by atoms with Crippen molar-refractivity contribution in [3.05, 3.63) is 49.7 Å². The van der Waals surface area contributed by atoms with Gasteiger partial charge in [0.1, 0.15) is 0 Å². The van der Waals surface area contributed by atoms with Crippen LogP contribution in [0.15, 0.2) is 27.1 Å². The zero-order valence-corrected chi connectivity index (χ0v) is 15.3. The van der Waals surface area contributed by atoms with E-state index in [0.29, 0.717) is 0 Å². The van der Waals surface area contributed by atoms with Gasteiger partial charge >= 0.3 is 0 Å². The Morgan fingerprint density at radius 2 is 2.00 bits per heavy atom. The Kier molecular flexibility index (Phi) is 5.04. The Bertz CT molecular complexity index is 620. The molecule has 5 heteroatoms. The van der Waals surface area contributed by atoms with E-state index in [9.17, 15) is 0 Å². The van der Waals surface area contributed by atoms with Crippen molar-refractivity contribution in [1.82, 2.24) is 15.1 Å². The molecule has 1 unspecified atom stereocenters. The quantitative estimate of drug-likeness (QED) is 0.838. The molecular formula is C15H19Br2N3. The summed E-state index contributed by atoms with van der Waals surface area (Å²) in [6.45, 7) is 4.14. The van der Waals surface area contributed by atoms with Gasteiger partial charge in [0.15, 0.2) is 0 Å². The van der Waals surface area contributed by atoms with Crippen molar-refractivity contribution in [1.29, 1.82) is 0 Å². The van der Waals surface area contributed by atoms with Crippen LogP contribution in [0.2, 0.25) is 0 Å². The second-order valence-corrected chi connectivity index (χ2v) is 6.67. The summed E-state index contributed by atoms with van der Waals surface area (Å²) in [6.07, 6.45) is 0.898. The van der Waals surface area contributed by atoms with Crippen LogP contribution in [0.4, 0.5) is 0 Å². The number of nitrogens with one attached hydrogen (secondary N) is 1. The summed E-state index contributed by atoms with van der Waals surface area (Å²) >= 11 is 7.19. The molecule has 1 N–H and O–H groups in total. The predicted octanol–water partition coefficient (Wildman–Crippen LogP) is 4.07. The van der Waals surface area contributed by atoms with Gasteiger partial charge in [-0.25, -0.2) is 0 Å². The summed E-state index contributed by atoms with van der Waals surface area (Å²) in [5, 5.41) is 7.86. The van der Waals surface area contributed by atoms with Gasteiger partial charge in [0.05, 0.1) is 15.9 Å². The Morgan fingerprint density at radius 1 is 1.30 bits per heavy atom. The van der Waals surface area contributed by atoms with E-state index in [1.54, 1.807) is 0 Å². The lowest BCUT2D eigenvalue weighted by molar-refractivity contribution is 0.560. The molecule has 2 aromatic rings. The van der Waals surface area contributed by atoms with Crippen LogP contribution >= 0.6 is 31.9 Å². The average molecular weight is 401 g/mol. The second kappa shape index (κ2) is 6.41. The zero-order chi connectivity index (χ0) is 14.9. The first-order valence-corrected chi connectivity index (χ1v) is 8.14. The van der Waals surface area contributed by atoms with E-state index in [1.807, 2.05) is 25.7 Å². The first kappa shape index (κ1) is 15.7. The summed E-state index contributed by atoms with van der Waals surface area (Å²) in [5.41, 5.74) is 4.79. The minimum atomic E-state index is 0.271. The summed E-state index contributed by atoms with van der Waals surface area (Å²) in [4.78, 5) is 0. The fraction of sp³-hybridized carbons (Fsp3) is 0.400. The number of rotatable bonds is 4. The maximum absolute atomic E-state index is 4.46. The molecule has 1 aromatic heterocycles. The molecule has 0 aliphatic heterocycles. The molecule has 0 fully saturated rings. The van der Waals surface area contributed by atoms with E-state index in [0.717, 1.165) is 21.1 Å². The number of hydrogen-bond acceptors (Lipinski definition) is 2. The Morgan fingerprint density at radius 3 is 2.50 bits per heavy atom. The third-order valence-electron chi connectivity index (χ3n) is 3.59. The Labute approximate surface area is 137 Å². The van der Waals surface area contributed by atoms with E-state index in [-0.39, 0.29) is 6.04 Å². The number of aromatic nitrogens is 2. The third kappa shape index (κ3) is 3.15. The topological polar surface area (TPSA) is 29.9 Å². The molecule has 0 spiro atoms. The third-order valence-corrected chi connectivity index (χ3v) is 5.51. The normalized spacial score (nSPS) is 12.7. The van der Waals surface area contributed by atoms with Crippen LogP contribution in [-0.2, 0) is 13.5 Å². The van der Waals surface area contributed by atoms with Gasteiger partial charge in [-0.2, -0.15) is 5.10 Å². The van der Waals surface area contributed by atoms with Crippen LogP contribution in [0.5, 0.6) is 0 Å². The molecule has 0 saturated heterocycles. The standard InChI is InChI=1S/C15H19Br2N3/c1-9-7-11(5-6-12(9)16)13(18-3)8-14-15(17)10(2)19-20(14)4/h5-7,13,18H,8H2,1-4H3. The van der Waals surface area contributed by atoms with E-state index < -0.39 is 0 Å². The zero-order valence-electron chi connectivity index (χ0n) is 12.2. The summed E-state index contributed by atoms with van der Waals surface area (Å²) in [6, 6.07) is 6.77. The van der Waals surface area contributed by atoms with Crippen molar-refractivity contribution in [3.8, 4) is 0 Å². The summed E-state index contributed by atoms with van der Waals surface area (Å²) < 4.78 is 4.21. The fourth-order valence-electron chi connectivity index (χ4n) is 2.37. The lowest BCUT2D eigenvalue weighted by Crippen LogP contribution is -2.20. The van der Waals surface area contributed by atoms with Crippen LogP contribution in [0.25, 0.3) is 0 Å². The van der Waals surface area contributed by atoms with E-state index >= 15 is 0 Å². The van der Waals surface area contributed by atoms with Gasteiger partial charge in [-0.3, -0.25) is 4.68 Å². The highest BCUT2D eigenvalue weighted by Crippen LogP contribution is 2.27. The molecule has 2 rings (SSSR count). The average Bonchev–Trinajstić information content (AvgIpc) is 2.65. The molecule has 1 aromatic carbocycles. The van der Waals surface area contributed by atoms with Crippen LogP contribution in [-0.4, -0.2) is 16.8 Å². The molecule has 3 nitrogen and oxygen atoms in total. The van der Waals surface area contributed by atoms with Crippen LogP contribution in [0.3, 0.4) is 0 Å². The largest absolute Gasteiger partial charge is 0.313 e.